The Morgan fingerprint density at radius 1 is 0.333 bits per heavy atom. The summed E-state index contributed by atoms with van der Waals surface area (Å²) in [5.74, 6) is 1.87. The maximum Gasteiger partial charge on any atom is 0.238 e. The highest BCUT2D eigenvalue weighted by Gasteiger charge is 2.21. The summed E-state index contributed by atoms with van der Waals surface area (Å²) in [6, 6.07) is 69.8. The fourth-order valence-electron chi connectivity index (χ4n) is 9.50. The first-order chi connectivity index (χ1) is 29.7. The van der Waals surface area contributed by atoms with Gasteiger partial charge in [-0.1, -0.05) is 164 Å². The molecule has 0 aliphatic carbocycles. The van der Waals surface area contributed by atoms with Crippen LogP contribution in [0.15, 0.2) is 194 Å². The molecule has 4 nitrogen and oxygen atoms in total. The molecule has 0 bridgehead atoms. The summed E-state index contributed by atoms with van der Waals surface area (Å²) >= 11 is 1.79. The van der Waals surface area contributed by atoms with Crippen LogP contribution in [0.4, 0.5) is 0 Å². The summed E-state index contributed by atoms with van der Waals surface area (Å²) < 4.78 is 4.65. The van der Waals surface area contributed by atoms with Gasteiger partial charge in [-0.3, -0.25) is 4.57 Å². The van der Waals surface area contributed by atoms with Crippen LogP contribution in [-0.4, -0.2) is 19.5 Å². The van der Waals surface area contributed by atoms with Gasteiger partial charge in [0.1, 0.15) is 0 Å². The zero-order valence-corrected chi connectivity index (χ0v) is 33.0. The average molecular weight is 781 g/mol. The number of aromatic nitrogens is 4. The Kier molecular flexibility index (Phi) is 7.14. The third-order valence-electron chi connectivity index (χ3n) is 12.3. The van der Waals surface area contributed by atoms with Crippen molar-refractivity contribution in [2.45, 2.75) is 0 Å². The van der Waals surface area contributed by atoms with Crippen molar-refractivity contribution in [2.24, 2.45) is 0 Å². The molecule has 60 heavy (non-hydrogen) atoms. The second kappa shape index (κ2) is 12.9. The molecule has 0 unspecified atom stereocenters. The van der Waals surface area contributed by atoms with Crippen LogP contribution in [0.2, 0.25) is 0 Å². The van der Waals surface area contributed by atoms with Crippen LogP contribution in [0, 0.1) is 0 Å². The topological polar surface area (TPSA) is 43.6 Å². The Bertz CT molecular complexity index is 3870. The van der Waals surface area contributed by atoms with Gasteiger partial charge in [0.2, 0.25) is 5.95 Å². The minimum Gasteiger partial charge on any atom is -0.278 e. The molecule has 0 radical (unpaired) electrons. The van der Waals surface area contributed by atoms with Crippen LogP contribution in [0.5, 0.6) is 0 Å². The lowest BCUT2D eigenvalue weighted by Crippen LogP contribution is -2.06. The van der Waals surface area contributed by atoms with E-state index in [0.29, 0.717) is 17.6 Å². The molecule has 0 aliphatic rings. The number of benzene rings is 10. The van der Waals surface area contributed by atoms with Crippen molar-refractivity contribution >= 4 is 96.4 Å². The normalized spacial score (nSPS) is 12.0. The molecule has 278 valence electrons. The van der Waals surface area contributed by atoms with Crippen molar-refractivity contribution in [2.75, 3.05) is 0 Å². The van der Waals surface area contributed by atoms with Crippen LogP contribution in [-0.2, 0) is 0 Å². The van der Waals surface area contributed by atoms with Gasteiger partial charge in [0, 0.05) is 42.1 Å². The Morgan fingerprint density at radius 3 is 1.63 bits per heavy atom. The smallest absolute Gasteiger partial charge is 0.238 e. The minimum atomic E-state index is 0.584. The van der Waals surface area contributed by atoms with Crippen molar-refractivity contribution in [1.29, 1.82) is 0 Å². The van der Waals surface area contributed by atoms with E-state index in [1.54, 1.807) is 11.3 Å². The second-order valence-electron chi connectivity index (χ2n) is 15.5. The highest BCUT2D eigenvalue weighted by atomic mass is 32.1. The van der Waals surface area contributed by atoms with E-state index in [1.807, 2.05) is 0 Å². The Hall–Kier alpha value is -7.73. The molecule has 3 aromatic heterocycles. The lowest BCUT2D eigenvalue weighted by Gasteiger charge is -2.13. The summed E-state index contributed by atoms with van der Waals surface area (Å²) in [6.45, 7) is 0. The lowest BCUT2D eigenvalue weighted by molar-refractivity contribution is 0.955. The summed E-state index contributed by atoms with van der Waals surface area (Å²) in [5, 5.41) is 14.6. The van der Waals surface area contributed by atoms with Gasteiger partial charge in [-0.2, -0.15) is 9.97 Å². The van der Waals surface area contributed by atoms with Gasteiger partial charge in [-0.05, 0) is 84.5 Å². The van der Waals surface area contributed by atoms with E-state index in [4.69, 9.17) is 15.0 Å². The number of thiophene rings is 1. The molecule has 0 N–H and O–H groups in total. The molecule has 0 amide bonds. The van der Waals surface area contributed by atoms with Gasteiger partial charge in [0.15, 0.2) is 11.6 Å². The van der Waals surface area contributed by atoms with Gasteiger partial charge in [-0.25, -0.2) is 4.98 Å². The number of fused-ring (bicyclic) bond motifs is 13. The maximum atomic E-state index is 5.43. The molecule has 0 aliphatic heterocycles. The van der Waals surface area contributed by atoms with Crippen molar-refractivity contribution in [3.63, 3.8) is 0 Å². The van der Waals surface area contributed by atoms with Gasteiger partial charge < -0.3 is 0 Å². The highest BCUT2D eigenvalue weighted by Crippen LogP contribution is 2.42. The summed E-state index contributed by atoms with van der Waals surface area (Å²) in [5.41, 5.74) is 6.34. The van der Waals surface area contributed by atoms with Crippen molar-refractivity contribution in [3.05, 3.63) is 194 Å². The molecule has 0 saturated carbocycles. The molecular weight excluding hydrogens is 749 g/mol. The Labute approximate surface area is 348 Å². The van der Waals surface area contributed by atoms with E-state index in [-0.39, 0.29) is 0 Å². The SMILES string of the molecule is c1ccc2c(-c3nc(-c4cccc5c4sc4ccccc45)nc(-n4c5ccccc5c5ccc(-c6ccc7c8ccccc8c8ccccc8c7c6)cc54)n3)cccc2c1. The monoisotopic (exact) mass is 780 g/mol. The Morgan fingerprint density at radius 2 is 0.850 bits per heavy atom. The lowest BCUT2D eigenvalue weighted by atomic mass is 9.92. The predicted octanol–water partition coefficient (Wildman–Crippen LogP) is 15.0. The van der Waals surface area contributed by atoms with Crippen molar-refractivity contribution in [3.8, 4) is 39.9 Å². The van der Waals surface area contributed by atoms with E-state index in [0.717, 1.165) is 54.8 Å². The molecule has 0 atom stereocenters. The van der Waals surface area contributed by atoms with Crippen LogP contribution < -0.4 is 0 Å². The molecule has 5 heteroatoms. The molecule has 10 aromatic carbocycles. The third-order valence-corrected chi connectivity index (χ3v) is 13.5. The van der Waals surface area contributed by atoms with Crippen LogP contribution in [0.25, 0.3) is 125 Å². The van der Waals surface area contributed by atoms with E-state index in [2.05, 4.69) is 199 Å². The van der Waals surface area contributed by atoms with Gasteiger partial charge in [0.05, 0.1) is 11.0 Å². The quantitative estimate of drug-likeness (QED) is 0.167. The molecule has 0 spiro atoms. The molecule has 0 saturated heterocycles. The van der Waals surface area contributed by atoms with E-state index >= 15 is 0 Å². The highest BCUT2D eigenvalue weighted by molar-refractivity contribution is 7.26. The van der Waals surface area contributed by atoms with Crippen molar-refractivity contribution in [1.82, 2.24) is 19.5 Å². The zero-order chi connectivity index (χ0) is 39.3. The molecule has 13 aromatic rings. The first kappa shape index (κ1) is 33.3. The zero-order valence-electron chi connectivity index (χ0n) is 32.2. The number of para-hydroxylation sites is 1. The van der Waals surface area contributed by atoms with Crippen LogP contribution in [0.1, 0.15) is 0 Å². The Balaban J connectivity index is 1.08. The standard InChI is InChI=1S/C55H32N4S/c1-2-15-36-33(13-1)14-11-23-46(36)53-56-54(47-24-12-22-45-44-21-8-10-26-51(44)60-52(45)47)58-55(57-53)59-49-25-9-7-20-42(49)43-30-28-35(32-50(43)59)34-27-29-41-39-18-4-3-16-37(39)38-17-5-6-19-40(38)48(41)31-34/h1-32H. The molecule has 3 heterocycles. The van der Waals surface area contributed by atoms with E-state index in [9.17, 15) is 0 Å². The minimum absolute atomic E-state index is 0.584. The fourth-order valence-corrected chi connectivity index (χ4v) is 10.7. The largest absolute Gasteiger partial charge is 0.278 e. The summed E-state index contributed by atoms with van der Waals surface area (Å²) in [4.78, 5) is 16.1. The van der Waals surface area contributed by atoms with Gasteiger partial charge >= 0.3 is 0 Å². The first-order valence-electron chi connectivity index (χ1n) is 20.3. The second-order valence-corrected chi connectivity index (χ2v) is 16.6. The molecule has 13 rings (SSSR count). The summed E-state index contributed by atoms with van der Waals surface area (Å²) in [7, 11) is 0. The summed E-state index contributed by atoms with van der Waals surface area (Å²) in [6.07, 6.45) is 0. The van der Waals surface area contributed by atoms with Gasteiger partial charge in [0.25, 0.3) is 0 Å². The first-order valence-corrected chi connectivity index (χ1v) is 21.1. The molecular formula is C55H32N4S. The van der Waals surface area contributed by atoms with E-state index < -0.39 is 0 Å². The number of hydrogen-bond acceptors (Lipinski definition) is 4. The number of rotatable bonds is 4. The molecule has 0 fully saturated rings. The van der Waals surface area contributed by atoms with Crippen LogP contribution in [0.3, 0.4) is 0 Å². The average Bonchev–Trinajstić information content (AvgIpc) is 3.87. The van der Waals surface area contributed by atoms with Crippen LogP contribution >= 0.6 is 11.3 Å². The van der Waals surface area contributed by atoms with Crippen molar-refractivity contribution < 1.29 is 0 Å². The predicted molar refractivity (Wildman–Crippen MR) is 253 cm³/mol. The number of hydrogen-bond donors (Lipinski definition) is 0. The van der Waals surface area contributed by atoms with Gasteiger partial charge in [-0.15, -0.1) is 11.3 Å². The number of nitrogens with zero attached hydrogens (tertiary/aromatic N) is 4. The maximum absolute atomic E-state index is 5.43. The third kappa shape index (κ3) is 4.93. The fraction of sp³-hybridized carbons (Fsp3) is 0. The van der Waals surface area contributed by atoms with E-state index in [1.165, 1.54) is 52.5 Å².